The molecule has 1 spiro atoms. The molecule has 1 saturated heterocycles. The molecule has 18 heavy (non-hydrogen) atoms. The lowest BCUT2D eigenvalue weighted by Gasteiger charge is -2.26. The Labute approximate surface area is 116 Å². The van der Waals surface area contributed by atoms with Gasteiger partial charge in [0.15, 0.2) is 0 Å². The SMILES string of the molecule is CC(C)[C@@H](N)C(=O)N1CC[C@@]2(CC[C@@H](CS)C2)C1. The third kappa shape index (κ3) is 2.69. The number of nitrogens with two attached hydrogens (primary N) is 1. The summed E-state index contributed by atoms with van der Waals surface area (Å²) in [6, 6.07) is -0.331. The quantitative estimate of drug-likeness (QED) is 0.770. The summed E-state index contributed by atoms with van der Waals surface area (Å²) in [6.45, 7) is 5.86. The molecule has 3 atom stereocenters. The van der Waals surface area contributed by atoms with Crippen molar-refractivity contribution in [3.63, 3.8) is 0 Å². The van der Waals surface area contributed by atoms with Crippen LogP contribution in [0.5, 0.6) is 0 Å². The average molecular weight is 270 g/mol. The lowest BCUT2D eigenvalue weighted by Crippen LogP contribution is -2.46. The van der Waals surface area contributed by atoms with Crippen molar-refractivity contribution in [1.29, 1.82) is 0 Å². The van der Waals surface area contributed by atoms with Crippen LogP contribution in [0.2, 0.25) is 0 Å². The van der Waals surface area contributed by atoms with Gasteiger partial charge >= 0.3 is 0 Å². The first-order valence-corrected chi connectivity index (χ1v) is 7.76. The minimum atomic E-state index is -0.331. The molecule has 1 aliphatic heterocycles. The molecule has 3 nitrogen and oxygen atoms in total. The topological polar surface area (TPSA) is 46.3 Å². The zero-order valence-electron chi connectivity index (χ0n) is 11.6. The van der Waals surface area contributed by atoms with E-state index >= 15 is 0 Å². The lowest BCUT2D eigenvalue weighted by molar-refractivity contribution is -0.132. The number of carbonyl (C=O) groups excluding carboxylic acids is 1. The van der Waals surface area contributed by atoms with Gasteiger partial charge in [-0.2, -0.15) is 12.6 Å². The van der Waals surface area contributed by atoms with Crippen molar-refractivity contribution in [1.82, 2.24) is 4.90 Å². The van der Waals surface area contributed by atoms with Gasteiger partial charge in [-0.15, -0.1) is 0 Å². The summed E-state index contributed by atoms with van der Waals surface area (Å²) in [5.41, 5.74) is 6.37. The van der Waals surface area contributed by atoms with E-state index < -0.39 is 0 Å². The van der Waals surface area contributed by atoms with Gasteiger partial charge in [0.05, 0.1) is 6.04 Å². The molecule has 0 unspecified atom stereocenters. The molecule has 2 N–H and O–H groups in total. The van der Waals surface area contributed by atoms with E-state index in [1.807, 2.05) is 18.7 Å². The Balaban J connectivity index is 1.94. The Kier molecular flexibility index (Phi) is 4.27. The van der Waals surface area contributed by atoms with Crippen molar-refractivity contribution in [2.75, 3.05) is 18.8 Å². The lowest BCUT2D eigenvalue weighted by atomic mass is 9.84. The highest BCUT2D eigenvalue weighted by Gasteiger charge is 2.45. The molecule has 1 aliphatic carbocycles. The maximum Gasteiger partial charge on any atom is 0.239 e. The third-order valence-corrected chi connectivity index (χ3v) is 5.33. The molecular formula is C14H26N2OS. The fourth-order valence-corrected chi connectivity index (χ4v) is 3.78. The normalized spacial score (nSPS) is 33.6. The smallest absolute Gasteiger partial charge is 0.239 e. The number of rotatable bonds is 3. The molecule has 1 heterocycles. The van der Waals surface area contributed by atoms with E-state index in [1.54, 1.807) is 0 Å². The van der Waals surface area contributed by atoms with E-state index in [9.17, 15) is 4.79 Å². The van der Waals surface area contributed by atoms with Crippen LogP contribution < -0.4 is 5.73 Å². The van der Waals surface area contributed by atoms with E-state index in [-0.39, 0.29) is 17.9 Å². The van der Waals surface area contributed by atoms with Crippen LogP contribution in [0.3, 0.4) is 0 Å². The van der Waals surface area contributed by atoms with Crippen molar-refractivity contribution in [2.24, 2.45) is 23.0 Å². The summed E-state index contributed by atoms with van der Waals surface area (Å²) in [6.07, 6.45) is 4.95. The van der Waals surface area contributed by atoms with Crippen LogP contribution in [0.25, 0.3) is 0 Å². The van der Waals surface area contributed by atoms with E-state index in [0.717, 1.165) is 31.2 Å². The number of likely N-dealkylation sites (tertiary alicyclic amines) is 1. The second-order valence-corrected chi connectivity index (χ2v) is 6.94. The Morgan fingerprint density at radius 1 is 1.50 bits per heavy atom. The summed E-state index contributed by atoms with van der Waals surface area (Å²) >= 11 is 4.41. The second-order valence-electron chi connectivity index (χ2n) is 6.57. The summed E-state index contributed by atoms with van der Waals surface area (Å²) in [5.74, 6) is 2.11. The van der Waals surface area contributed by atoms with Gasteiger partial charge in [-0.05, 0) is 48.7 Å². The highest BCUT2D eigenvalue weighted by Crippen LogP contribution is 2.48. The van der Waals surface area contributed by atoms with E-state index in [0.29, 0.717) is 5.41 Å². The molecule has 0 bridgehead atoms. The molecule has 0 radical (unpaired) electrons. The first-order chi connectivity index (χ1) is 8.47. The minimum Gasteiger partial charge on any atom is -0.341 e. The summed E-state index contributed by atoms with van der Waals surface area (Å²) in [7, 11) is 0. The van der Waals surface area contributed by atoms with Crippen molar-refractivity contribution < 1.29 is 4.79 Å². The first kappa shape index (κ1) is 14.2. The van der Waals surface area contributed by atoms with Crippen LogP contribution in [-0.2, 0) is 4.79 Å². The number of amides is 1. The molecule has 1 amide bonds. The average Bonchev–Trinajstić information content (AvgIpc) is 2.95. The van der Waals surface area contributed by atoms with E-state index in [4.69, 9.17) is 5.73 Å². The fraction of sp³-hybridized carbons (Fsp3) is 0.929. The standard InChI is InChI=1S/C14H26N2OS/c1-10(2)12(15)13(17)16-6-5-14(9-16)4-3-11(7-14)8-18/h10-12,18H,3-9,15H2,1-2H3/t11-,12-,14-/m1/s1. The predicted molar refractivity (Wildman–Crippen MR) is 77.6 cm³/mol. The van der Waals surface area contributed by atoms with Gasteiger partial charge < -0.3 is 10.6 Å². The number of hydrogen-bond acceptors (Lipinski definition) is 3. The highest BCUT2D eigenvalue weighted by molar-refractivity contribution is 7.80. The van der Waals surface area contributed by atoms with Crippen molar-refractivity contribution in [2.45, 2.75) is 45.6 Å². The number of thiol groups is 1. The molecule has 2 fully saturated rings. The Hall–Kier alpha value is -0.220. The molecule has 0 aromatic rings. The van der Waals surface area contributed by atoms with Crippen molar-refractivity contribution in [3.05, 3.63) is 0 Å². The Morgan fingerprint density at radius 2 is 2.22 bits per heavy atom. The van der Waals surface area contributed by atoms with Gasteiger partial charge in [0, 0.05) is 13.1 Å². The zero-order chi connectivity index (χ0) is 13.3. The van der Waals surface area contributed by atoms with E-state index in [2.05, 4.69) is 12.6 Å². The van der Waals surface area contributed by atoms with Gasteiger partial charge in [-0.25, -0.2) is 0 Å². The van der Waals surface area contributed by atoms with Gasteiger partial charge in [0.1, 0.15) is 0 Å². The number of hydrogen-bond donors (Lipinski definition) is 2. The van der Waals surface area contributed by atoms with Crippen molar-refractivity contribution >= 4 is 18.5 Å². The molecule has 2 rings (SSSR count). The fourth-order valence-electron chi connectivity index (χ4n) is 3.47. The third-order valence-electron chi connectivity index (χ3n) is 4.82. The highest BCUT2D eigenvalue weighted by atomic mass is 32.1. The molecule has 4 heteroatoms. The monoisotopic (exact) mass is 270 g/mol. The second kappa shape index (κ2) is 5.41. The van der Waals surface area contributed by atoms with Crippen LogP contribution in [-0.4, -0.2) is 35.7 Å². The molecule has 104 valence electrons. The molecule has 0 aromatic carbocycles. The first-order valence-electron chi connectivity index (χ1n) is 7.13. The van der Waals surface area contributed by atoms with Crippen LogP contribution >= 0.6 is 12.6 Å². The molecule has 0 aromatic heterocycles. The van der Waals surface area contributed by atoms with Crippen LogP contribution in [0.1, 0.15) is 39.5 Å². The number of nitrogens with zero attached hydrogens (tertiary/aromatic N) is 1. The predicted octanol–water partition coefficient (Wildman–Crippen LogP) is 1.92. The maximum atomic E-state index is 12.3. The Bertz CT molecular complexity index is 321. The Morgan fingerprint density at radius 3 is 2.78 bits per heavy atom. The summed E-state index contributed by atoms with van der Waals surface area (Å²) in [5, 5.41) is 0. The van der Waals surface area contributed by atoms with Crippen molar-refractivity contribution in [3.8, 4) is 0 Å². The van der Waals surface area contributed by atoms with Crippen LogP contribution in [0.15, 0.2) is 0 Å². The largest absolute Gasteiger partial charge is 0.341 e. The van der Waals surface area contributed by atoms with Gasteiger partial charge in [-0.3, -0.25) is 4.79 Å². The molecular weight excluding hydrogens is 244 g/mol. The zero-order valence-corrected chi connectivity index (χ0v) is 12.5. The van der Waals surface area contributed by atoms with Crippen LogP contribution in [0, 0.1) is 17.3 Å². The van der Waals surface area contributed by atoms with Gasteiger partial charge in [-0.1, -0.05) is 13.8 Å². The molecule has 1 saturated carbocycles. The van der Waals surface area contributed by atoms with Gasteiger partial charge in [0.2, 0.25) is 5.91 Å². The summed E-state index contributed by atoms with van der Waals surface area (Å²) < 4.78 is 0. The molecule has 2 aliphatic rings. The van der Waals surface area contributed by atoms with Crippen LogP contribution in [0.4, 0.5) is 0 Å². The number of carbonyl (C=O) groups is 1. The minimum absolute atomic E-state index is 0.149. The summed E-state index contributed by atoms with van der Waals surface area (Å²) in [4.78, 5) is 14.3. The van der Waals surface area contributed by atoms with Gasteiger partial charge in [0.25, 0.3) is 0 Å². The van der Waals surface area contributed by atoms with E-state index in [1.165, 1.54) is 19.3 Å². The maximum absolute atomic E-state index is 12.3.